The molecule has 2 nitrogen and oxygen atoms in total. The molecule has 12 aromatic carbocycles. The Morgan fingerprint density at radius 1 is 0.245 bits per heavy atom. The summed E-state index contributed by atoms with van der Waals surface area (Å²) in [6, 6.07) is 116. The van der Waals surface area contributed by atoms with Crippen LogP contribution in [0.1, 0.15) is 95.7 Å². The fourth-order valence-corrected chi connectivity index (χ4v) is 18.8. The fraction of sp³-hybridized carbons (Fsp3) is 0.182. The Bertz CT molecular complexity index is 3830. The van der Waals surface area contributed by atoms with E-state index in [4.69, 9.17) is 4.74 Å². The lowest BCUT2D eigenvalue weighted by molar-refractivity contribution is 0.282. The molecule has 12 aromatic rings. The molecule has 0 amide bonds. The van der Waals surface area contributed by atoms with E-state index in [1.54, 1.807) is 7.11 Å². The van der Waals surface area contributed by atoms with Crippen molar-refractivity contribution < 1.29 is 9.84 Å². The molecule has 0 spiro atoms. The molecule has 6 heteroatoms. The van der Waals surface area contributed by atoms with Crippen LogP contribution < -0.4 is 4.74 Å². The van der Waals surface area contributed by atoms with Gasteiger partial charge in [-0.25, -0.2) is 0 Å². The smallest absolute Gasteiger partial charge is 0.166 e. The molecule has 1 atom stereocenters. The molecular weight excluding hydrogens is 1220 g/mol. The van der Waals surface area contributed by atoms with E-state index in [1.165, 1.54) is 86.6 Å². The summed E-state index contributed by atoms with van der Waals surface area (Å²) in [5, 5.41) is 9.28. The topological polar surface area (TPSA) is 29.5 Å². The molecule has 476 valence electrons. The van der Waals surface area contributed by atoms with Gasteiger partial charge < -0.3 is 9.84 Å². The molecule has 1 N–H and O–H groups in total. The highest BCUT2D eigenvalue weighted by atomic mass is 32.2. The third-order valence-corrected chi connectivity index (χ3v) is 24.8. The highest BCUT2D eigenvalue weighted by Crippen LogP contribution is 2.38. The molecule has 12 rings (SSSR count). The molecule has 0 aliphatic carbocycles. The van der Waals surface area contributed by atoms with Gasteiger partial charge in [-0.2, -0.15) is 0 Å². The molecular formula is C88H92O2S4+4. The van der Waals surface area contributed by atoms with Crippen molar-refractivity contribution in [3.8, 4) is 5.75 Å². The van der Waals surface area contributed by atoms with E-state index in [1.807, 2.05) is 24.3 Å². The second kappa shape index (κ2) is 33.3. The number of rotatable bonds is 14. The third-order valence-electron chi connectivity index (χ3n) is 15.9. The van der Waals surface area contributed by atoms with Gasteiger partial charge in [0, 0.05) is 0 Å². The summed E-state index contributed by atoms with van der Waals surface area (Å²) in [6.45, 7) is 24.8. The van der Waals surface area contributed by atoms with Crippen LogP contribution in [0.25, 0.3) is 0 Å². The first-order valence-electron chi connectivity index (χ1n) is 32.3. The van der Waals surface area contributed by atoms with Gasteiger partial charge in [-0.15, -0.1) is 0 Å². The Kier molecular flexibility index (Phi) is 24.8. The Hall–Kier alpha value is -8.20. The zero-order valence-electron chi connectivity index (χ0n) is 56.8. The largest absolute Gasteiger partial charge is 0.497 e. The summed E-state index contributed by atoms with van der Waals surface area (Å²) < 4.78 is 5.28. The van der Waals surface area contributed by atoms with E-state index in [0.29, 0.717) is 0 Å². The van der Waals surface area contributed by atoms with Crippen LogP contribution in [0.2, 0.25) is 0 Å². The molecule has 0 saturated carbocycles. The third kappa shape index (κ3) is 19.5. The quantitative estimate of drug-likeness (QED) is 0.110. The summed E-state index contributed by atoms with van der Waals surface area (Å²) in [6.07, 6.45) is 0. The van der Waals surface area contributed by atoms with Gasteiger partial charge in [-0.05, 0) is 210 Å². The van der Waals surface area contributed by atoms with Crippen LogP contribution in [-0.4, -0.2) is 12.2 Å². The normalized spacial score (nSPS) is 11.7. The van der Waals surface area contributed by atoms with Crippen molar-refractivity contribution in [1.82, 2.24) is 0 Å². The molecule has 0 bridgehead atoms. The van der Waals surface area contributed by atoms with Crippen molar-refractivity contribution in [2.24, 2.45) is 0 Å². The van der Waals surface area contributed by atoms with E-state index in [-0.39, 0.29) is 66.4 Å². The molecule has 0 aliphatic rings. The summed E-state index contributed by atoms with van der Waals surface area (Å²) in [4.78, 5) is 16.1. The number of aliphatic hydroxyl groups excluding tert-OH is 1. The van der Waals surface area contributed by atoms with Crippen molar-refractivity contribution in [1.29, 1.82) is 0 Å². The van der Waals surface area contributed by atoms with Gasteiger partial charge >= 0.3 is 0 Å². The first-order valence-corrected chi connectivity index (χ1v) is 37.2. The molecule has 0 fully saturated rings. The highest BCUT2D eigenvalue weighted by Gasteiger charge is 2.33. The molecule has 94 heavy (non-hydrogen) atoms. The summed E-state index contributed by atoms with van der Waals surface area (Å²) in [7, 11) is 1.34. The van der Waals surface area contributed by atoms with Gasteiger partial charge in [-0.3, -0.25) is 0 Å². The lowest BCUT2D eigenvalue weighted by Crippen LogP contribution is -2.13. The van der Waals surface area contributed by atoms with Crippen LogP contribution in [0, 0.1) is 13.8 Å². The van der Waals surface area contributed by atoms with Crippen LogP contribution >= 0.6 is 0 Å². The van der Waals surface area contributed by atoms with Gasteiger partial charge in [0.15, 0.2) is 58.7 Å². The average Bonchev–Trinajstić information content (AvgIpc) is 0.833. The molecule has 0 heterocycles. The number of hydrogen-bond acceptors (Lipinski definition) is 2. The SMILES string of the molecule is CC(C)(C)c1ccc([S+](c2ccc(C(C)(C)C)cc2)c2ccc(C(C)(C)C)cc2)cc1.COc1ccc([S+](c2ccc(C)cc2)c2ccc(CO)cc2)cc1.Cc1ccc([S+](c2ccccc2)c2ccccc2)cc1.c1ccc([S+](c2ccccc2)c2ccccc2)cc1. The summed E-state index contributed by atoms with van der Waals surface area (Å²) >= 11 is 0. The summed E-state index contributed by atoms with van der Waals surface area (Å²) in [5.74, 6) is 0.863. The van der Waals surface area contributed by atoms with E-state index in [0.717, 1.165) is 11.3 Å². The summed E-state index contributed by atoms with van der Waals surface area (Å²) in [5.41, 5.74) is 8.13. The molecule has 1 unspecified atom stereocenters. The fourth-order valence-electron chi connectivity index (χ4n) is 10.5. The number of aliphatic hydroxyl groups is 1. The van der Waals surface area contributed by atoms with Crippen LogP contribution in [0.3, 0.4) is 0 Å². The predicted octanol–water partition coefficient (Wildman–Crippen LogP) is 23.1. The zero-order chi connectivity index (χ0) is 66.7. The van der Waals surface area contributed by atoms with Crippen LogP contribution in [-0.2, 0) is 66.4 Å². The zero-order valence-corrected chi connectivity index (χ0v) is 60.1. The number of benzene rings is 12. The molecule has 0 saturated heterocycles. The van der Waals surface area contributed by atoms with Crippen molar-refractivity contribution in [2.45, 2.75) is 158 Å². The monoisotopic (exact) mass is 1310 g/mol. The number of hydrogen-bond donors (Lipinski definition) is 1. The molecule has 0 aromatic heterocycles. The Morgan fingerprint density at radius 3 is 0.617 bits per heavy atom. The van der Waals surface area contributed by atoms with E-state index in [9.17, 15) is 5.11 Å². The lowest BCUT2D eigenvalue weighted by atomic mass is 9.87. The van der Waals surface area contributed by atoms with Gasteiger partial charge in [0.05, 0.1) is 57.3 Å². The second-order valence-electron chi connectivity index (χ2n) is 26.2. The highest BCUT2D eigenvalue weighted by molar-refractivity contribution is 7.98. The van der Waals surface area contributed by atoms with Crippen molar-refractivity contribution in [2.75, 3.05) is 7.11 Å². The Morgan fingerprint density at radius 2 is 0.426 bits per heavy atom. The Labute approximate surface area is 574 Å². The standard InChI is InChI=1S/C30H39S.C21H21O2S.C19H17S.C18H15S/c1-28(2,3)22-10-16-25(17-11-22)31(26-18-12-23(13-19-26)29(4,5)6)27-20-14-24(15-21-27)30(7,8)9;1-16-3-9-19(10-4-16)24(20-11-5-17(15-22)6-12-20)21-13-7-18(23-2)8-14-21;1-16-12-14-19(15-13-16)20(17-8-4-2-5-9-17)18-10-6-3-7-11-18;1-4-10-16(11-5-1)19(17-12-6-2-7-13-17)18-14-8-3-9-15-18/h10-21H,1-9H3;3-14,22H,15H2,1-2H3;2-15H,1H3;1-15H/q4*+1. The Balaban J connectivity index is 0.000000150. The molecule has 0 aliphatic heterocycles. The van der Waals surface area contributed by atoms with Crippen LogP contribution in [0.4, 0.5) is 0 Å². The number of methoxy groups -OCH3 is 1. The predicted molar refractivity (Wildman–Crippen MR) is 404 cm³/mol. The van der Waals surface area contributed by atoms with E-state index in [2.05, 4.69) is 373 Å². The maximum absolute atomic E-state index is 9.28. The van der Waals surface area contributed by atoms with Crippen molar-refractivity contribution >= 4 is 43.6 Å². The maximum Gasteiger partial charge on any atom is 0.166 e. The first-order chi connectivity index (χ1) is 45.3. The minimum Gasteiger partial charge on any atom is -0.497 e. The van der Waals surface area contributed by atoms with Crippen molar-refractivity contribution in [3.63, 3.8) is 0 Å². The molecule has 0 radical (unpaired) electrons. The average molecular weight is 1310 g/mol. The van der Waals surface area contributed by atoms with E-state index >= 15 is 0 Å². The lowest BCUT2D eigenvalue weighted by Gasteiger charge is -2.21. The van der Waals surface area contributed by atoms with Crippen LogP contribution in [0.15, 0.2) is 380 Å². The van der Waals surface area contributed by atoms with E-state index < -0.39 is 0 Å². The van der Waals surface area contributed by atoms with Gasteiger partial charge in [0.2, 0.25) is 0 Å². The number of ether oxygens (including phenoxy) is 1. The first kappa shape index (κ1) is 70.1. The van der Waals surface area contributed by atoms with Crippen LogP contribution in [0.5, 0.6) is 5.75 Å². The van der Waals surface area contributed by atoms with Gasteiger partial charge in [0.1, 0.15) is 5.75 Å². The maximum atomic E-state index is 9.28. The van der Waals surface area contributed by atoms with Gasteiger partial charge in [-0.1, -0.05) is 237 Å². The van der Waals surface area contributed by atoms with Crippen molar-refractivity contribution in [3.05, 3.63) is 355 Å². The van der Waals surface area contributed by atoms with Gasteiger partial charge in [0.25, 0.3) is 0 Å². The minimum absolute atomic E-state index is 0.0146. The number of aryl methyl sites for hydroxylation is 2. The minimum atomic E-state index is -0.181. The second-order valence-corrected chi connectivity index (χ2v) is 34.3.